The van der Waals surface area contributed by atoms with Crippen molar-refractivity contribution >= 4 is 21.3 Å². The molecule has 0 bridgehead atoms. The smallest absolute Gasteiger partial charge is 0.199 e. The quantitative estimate of drug-likeness (QED) is 0.585. The summed E-state index contributed by atoms with van der Waals surface area (Å²) in [6.07, 6.45) is 3.57. The average Bonchev–Trinajstić information content (AvgIpc) is 2.89. The second-order valence-electron chi connectivity index (χ2n) is 8.21. The highest BCUT2D eigenvalue weighted by atomic mass is 32.2. The SMILES string of the molecule is CCCCC1=C(c2ccccc2)C(C)(C)C/C1=N\S(=O)(=O)c1ccc(C)cc1. The molecule has 0 atom stereocenters. The van der Waals surface area contributed by atoms with Crippen LogP contribution in [0.5, 0.6) is 0 Å². The molecule has 0 radical (unpaired) electrons. The fourth-order valence-electron chi connectivity index (χ4n) is 3.95. The van der Waals surface area contributed by atoms with Crippen LogP contribution in [0.15, 0.2) is 69.5 Å². The molecular formula is C24H29NO2S. The van der Waals surface area contributed by atoms with Crippen LogP contribution < -0.4 is 0 Å². The number of allylic oxidation sites excluding steroid dienone is 2. The van der Waals surface area contributed by atoms with Crippen molar-refractivity contribution in [2.75, 3.05) is 0 Å². The molecule has 3 rings (SSSR count). The molecule has 0 aliphatic heterocycles. The molecule has 1 aliphatic carbocycles. The first-order valence-electron chi connectivity index (χ1n) is 9.94. The second kappa shape index (κ2) is 8.04. The zero-order chi connectivity index (χ0) is 20.4. The Balaban J connectivity index is 2.13. The zero-order valence-corrected chi connectivity index (χ0v) is 18.0. The van der Waals surface area contributed by atoms with Crippen LogP contribution in [-0.2, 0) is 10.0 Å². The van der Waals surface area contributed by atoms with E-state index in [9.17, 15) is 8.42 Å². The Hall–Kier alpha value is -2.20. The van der Waals surface area contributed by atoms with Crippen molar-refractivity contribution in [3.05, 3.63) is 71.3 Å². The van der Waals surface area contributed by atoms with Crippen LogP contribution in [0.3, 0.4) is 0 Å². The maximum absolute atomic E-state index is 13.0. The van der Waals surface area contributed by atoms with E-state index >= 15 is 0 Å². The summed E-state index contributed by atoms with van der Waals surface area (Å²) < 4.78 is 30.3. The van der Waals surface area contributed by atoms with Crippen LogP contribution in [0, 0.1) is 12.3 Å². The molecule has 1 aliphatic rings. The van der Waals surface area contributed by atoms with Gasteiger partial charge in [-0.1, -0.05) is 75.2 Å². The van der Waals surface area contributed by atoms with E-state index in [0.717, 1.165) is 41.7 Å². The molecule has 2 aromatic carbocycles. The third-order valence-electron chi connectivity index (χ3n) is 5.33. The van der Waals surface area contributed by atoms with Gasteiger partial charge in [0.25, 0.3) is 10.0 Å². The Morgan fingerprint density at radius 1 is 1.00 bits per heavy atom. The Morgan fingerprint density at radius 3 is 2.25 bits per heavy atom. The van der Waals surface area contributed by atoms with Crippen molar-refractivity contribution in [2.24, 2.45) is 9.81 Å². The molecule has 2 aromatic rings. The van der Waals surface area contributed by atoms with Crippen molar-refractivity contribution in [3.63, 3.8) is 0 Å². The standard InChI is InChI=1S/C24H29NO2S/c1-5-6-12-21-22(25-28(26,27)20-15-13-18(2)14-16-20)17-24(3,4)23(21)19-10-8-7-9-11-19/h7-11,13-16H,5-6,12,17H2,1-4H3/b25-22+. The molecule has 0 saturated heterocycles. The minimum absolute atomic E-state index is 0.147. The van der Waals surface area contributed by atoms with E-state index in [2.05, 4.69) is 37.3 Å². The first-order chi connectivity index (χ1) is 13.2. The summed E-state index contributed by atoms with van der Waals surface area (Å²) in [5, 5.41) is 0. The maximum Gasteiger partial charge on any atom is 0.282 e. The zero-order valence-electron chi connectivity index (χ0n) is 17.2. The molecule has 0 heterocycles. The first-order valence-corrected chi connectivity index (χ1v) is 11.4. The van der Waals surface area contributed by atoms with E-state index in [4.69, 9.17) is 0 Å². The van der Waals surface area contributed by atoms with Crippen molar-refractivity contribution < 1.29 is 8.42 Å². The number of sulfonamides is 1. The fraction of sp³-hybridized carbons (Fsp3) is 0.375. The Bertz CT molecular complexity index is 998. The summed E-state index contributed by atoms with van der Waals surface area (Å²) in [6, 6.07) is 17.2. The summed E-state index contributed by atoms with van der Waals surface area (Å²) in [5.41, 5.74) is 5.11. The van der Waals surface area contributed by atoms with E-state index in [1.807, 2.05) is 37.3 Å². The Labute approximate surface area is 169 Å². The van der Waals surface area contributed by atoms with Crippen LogP contribution in [0.25, 0.3) is 5.57 Å². The molecule has 0 unspecified atom stereocenters. The van der Waals surface area contributed by atoms with Crippen molar-refractivity contribution in [1.82, 2.24) is 0 Å². The van der Waals surface area contributed by atoms with E-state index in [1.54, 1.807) is 12.1 Å². The van der Waals surface area contributed by atoms with Gasteiger partial charge in [0.2, 0.25) is 0 Å². The van der Waals surface area contributed by atoms with Gasteiger partial charge in [-0.2, -0.15) is 12.8 Å². The highest BCUT2D eigenvalue weighted by Gasteiger charge is 2.38. The van der Waals surface area contributed by atoms with Crippen molar-refractivity contribution in [3.8, 4) is 0 Å². The van der Waals surface area contributed by atoms with Gasteiger partial charge in [-0.15, -0.1) is 0 Å². The molecule has 4 heteroatoms. The van der Waals surface area contributed by atoms with Gasteiger partial charge in [-0.3, -0.25) is 0 Å². The van der Waals surface area contributed by atoms with Crippen LogP contribution in [0.2, 0.25) is 0 Å². The third kappa shape index (κ3) is 4.27. The van der Waals surface area contributed by atoms with Gasteiger partial charge in [0, 0.05) is 6.42 Å². The van der Waals surface area contributed by atoms with Crippen LogP contribution in [-0.4, -0.2) is 14.1 Å². The molecule has 28 heavy (non-hydrogen) atoms. The molecule has 0 amide bonds. The molecule has 3 nitrogen and oxygen atoms in total. The topological polar surface area (TPSA) is 46.5 Å². The molecule has 0 fully saturated rings. The summed E-state index contributed by atoms with van der Waals surface area (Å²) in [4.78, 5) is 0.256. The maximum atomic E-state index is 13.0. The first kappa shape index (κ1) is 20.5. The largest absolute Gasteiger partial charge is 0.282 e. The monoisotopic (exact) mass is 395 g/mol. The molecule has 0 spiro atoms. The number of benzene rings is 2. The van der Waals surface area contributed by atoms with Gasteiger partial charge in [-0.05, 0) is 54.0 Å². The van der Waals surface area contributed by atoms with E-state index in [1.165, 1.54) is 5.57 Å². The lowest BCUT2D eigenvalue weighted by atomic mass is 9.81. The number of rotatable bonds is 6. The predicted octanol–water partition coefficient (Wildman–Crippen LogP) is 6.20. The fourth-order valence-corrected chi connectivity index (χ4v) is 5.00. The summed E-state index contributed by atoms with van der Waals surface area (Å²) >= 11 is 0. The summed E-state index contributed by atoms with van der Waals surface area (Å²) in [6.45, 7) is 8.47. The van der Waals surface area contributed by atoms with E-state index in [0.29, 0.717) is 6.42 Å². The number of hydrogen-bond donors (Lipinski definition) is 0. The molecule has 0 aromatic heterocycles. The van der Waals surface area contributed by atoms with Crippen molar-refractivity contribution in [2.45, 2.75) is 58.3 Å². The summed E-state index contributed by atoms with van der Waals surface area (Å²) in [7, 11) is -3.72. The lowest BCUT2D eigenvalue weighted by Crippen LogP contribution is -2.11. The molecule has 0 saturated carbocycles. The normalized spacial score (nSPS) is 18.1. The van der Waals surface area contributed by atoms with E-state index in [-0.39, 0.29) is 10.3 Å². The molecular weight excluding hydrogens is 366 g/mol. The highest BCUT2D eigenvalue weighted by molar-refractivity contribution is 7.90. The van der Waals surface area contributed by atoms with Gasteiger partial charge < -0.3 is 0 Å². The van der Waals surface area contributed by atoms with Gasteiger partial charge in [0.15, 0.2) is 0 Å². The minimum atomic E-state index is -3.72. The predicted molar refractivity (Wildman–Crippen MR) is 117 cm³/mol. The van der Waals surface area contributed by atoms with Gasteiger partial charge in [0.05, 0.1) is 10.6 Å². The highest BCUT2D eigenvalue weighted by Crippen LogP contribution is 2.48. The van der Waals surface area contributed by atoms with Gasteiger partial charge in [-0.25, -0.2) is 0 Å². The third-order valence-corrected chi connectivity index (χ3v) is 6.66. The van der Waals surface area contributed by atoms with Crippen LogP contribution in [0.4, 0.5) is 0 Å². The Kier molecular flexibility index (Phi) is 5.90. The second-order valence-corrected chi connectivity index (χ2v) is 9.81. The lowest BCUT2D eigenvalue weighted by molar-refractivity contribution is 0.537. The van der Waals surface area contributed by atoms with Crippen LogP contribution in [0.1, 0.15) is 57.6 Å². The number of hydrogen-bond acceptors (Lipinski definition) is 2. The minimum Gasteiger partial charge on any atom is -0.199 e. The van der Waals surface area contributed by atoms with Gasteiger partial charge >= 0.3 is 0 Å². The summed E-state index contributed by atoms with van der Waals surface area (Å²) in [5.74, 6) is 0. The average molecular weight is 396 g/mol. The Morgan fingerprint density at radius 2 is 1.64 bits per heavy atom. The number of unbranched alkanes of at least 4 members (excludes halogenated alkanes) is 1. The van der Waals surface area contributed by atoms with E-state index < -0.39 is 10.0 Å². The van der Waals surface area contributed by atoms with Crippen LogP contribution >= 0.6 is 0 Å². The lowest BCUT2D eigenvalue weighted by Gasteiger charge is -2.22. The van der Waals surface area contributed by atoms with Crippen molar-refractivity contribution in [1.29, 1.82) is 0 Å². The van der Waals surface area contributed by atoms with Gasteiger partial charge in [0.1, 0.15) is 0 Å². The number of nitrogens with zero attached hydrogens (tertiary/aromatic N) is 1. The number of aryl methyl sites for hydroxylation is 1. The molecule has 148 valence electrons. The molecule has 0 N–H and O–H groups in total.